The number of thiazole rings is 1. The number of anilines is 2. The maximum atomic E-state index is 13.8. The van der Waals surface area contributed by atoms with Crippen LogP contribution in [-0.4, -0.2) is 109 Å². The van der Waals surface area contributed by atoms with Gasteiger partial charge in [0.2, 0.25) is 23.7 Å². The molecule has 19 nitrogen and oxygen atoms in total. The number of aryl methyl sites for hydroxylation is 4. The van der Waals surface area contributed by atoms with E-state index in [0.717, 1.165) is 24.6 Å². The van der Waals surface area contributed by atoms with Gasteiger partial charge in [-0.25, -0.2) is 15.0 Å². The number of nitrogens with zero attached hydrogens (tertiary/aromatic N) is 8. The van der Waals surface area contributed by atoms with Crippen LogP contribution in [0.4, 0.5) is 11.9 Å². The van der Waals surface area contributed by atoms with Gasteiger partial charge < -0.3 is 34.8 Å². The Hall–Kier alpha value is -6.64. The number of imidazole rings is 2. The van der Waals surface area contributed by atoms with Gasteiger partial charge in [0.05, 0.1) is 54.4 Å². The molecule has 4 aromatic heterocycles. The average molecular weight is 867 g/mol. The molecule has 62 heavy (non-hydrogen) atoms. The fraction of sp³-hybridized carbons (Fsp3) is 0.381. The summed E-state index contributed by atoms with van der Waals surface area (Å²) < 4.78 is 22.7. The van der Waals surface area contributed by atoms with Gasteiger partial charge in [-0.1, -0.05) is 19.1 Å². The van der Waals surface area contributed by atoms with Crippen molar-refractivity contribution in [1.82, 2.24) is 38.8 Å². The van der Waals surface area contributed by atoms with E-state index in [2.05, 4.69) is 25.6 Å². The van der Waals surface area contributed by atoms with E-state index in [1.54, 1.807) is 45.0 Å². The molecule has 1 saturated heterocycles. The quantitative estimate of drug-likeness (QED) is 0.0698. The van der Waals surface area contributed by atoms with Gasteiger partial charge in [0.1, 0.15) is 33.1 Å². The first-order valence-electron chi connectivity index (χ1n) is 20.3. The number of primary amides is 2. The van der Waals surface area contributed by atoms with Crippen molar-refractivity contribution in [2.24, 2.45) is 11.5 Å². The molecule has 2 aromatic carbocycles. The SMILES string of the molecule is CCc1nc(C)sc1C(=O)Nc1nc2cc(C(N)=O)cc(OCCCN3CCOCC3)c2n1C/C=C/Cn1c(NC(=O)c2cc(C)nn2CC)nc2cc(C(N)=O)cc(OC)c21. The third-order valence-electron chi connectivity index (χ3n) is 10.4. The number of aromatic nitrogens is 7. The number of hydrogen-bond donors (Lipinski definition) is 4. The van der Waals surface area contributed by atoms with Crippen LogP contribution in [0.5, 0.6) is 11.5 Å². The minimum atomic E-state index is -0.664. The van der Waals surface area contributed by atoms with Crippen molar-refractivity contribution in [2.75, 3.05) is 57.2 Å². The highest BCUT2D eigenvalue weighted by atomic mass is 32.1. The molecule has 0 unspecified atom stereocenters. The summed E-state index contributed by atoms with van der Waals surface area (Å²) in [5.74, 6) is -1.01. The van der Waals surface area contributed by atoms with Crippen LogP contribution in [0.3, 0.4) is 0 Å². The summed E-state index contributed by atoms with van der Waals surface area (Å²) >= 11 is 1.30. The average Bonchev–Trinajstić information content (AvgIpc) is 4.03. The molecule has 4 amide bonds. The smallest absolute Gasteiger partial charge is 0.276 e. The zero-order chi connectivity index (χ0) is 44.1. The first-order valence-corrected chi connectivity index (χ1v) is 21.1. The van der Waals surface area contributed by atoms with Crippen molar-refractivity contribution < 1.29 is 33.4 Å². The maximum Gasteiger partial charge on any atom is 0.276 e. The molecule has 0 spiro atoms. The molecule has 1 fully saturated rings. The zero-order valence-electron chi connectivity index (χ0n) is 35.3. The fourth-order valence-corrected chi connectivity index (χ4v) is 8.29. The molecule has 1 aliphatic heterocycles. The van der Waals surface area contributed by atoms with Crippen molar-refractivity contribution in [2.45, 2.75) is 60.2 Å². The van der Waals surface area contributed by atoms with Gasteiger partial charge in [0.25, 0.3) is 11.8 Å². The van der Waals surface area contributed by atoms with Crippen LogP contribution in [-0.2, 0) is 30.8 Å². The lowest BCUT2D eigenvalue weighted by Gasteiger charge is -2.26. The predicted octanol–water partition coefficient (Wildman–Crippen LogP) is 4.31. The minimum absolute atomic E-state index is 0.176. The topological polar surface area (TPSA) is 242 Å². The Labute approximate surface area is 361 Å². The molecule has 1 aliphatic rings. The summed E-state index contributed by atoms with van der Waals surface area (Å²) in [6.07, 6.45) is 5.01. The molecule has 0 saturated carbocycles. The number of carbonyl (C=O) groups excluding carboxylic acids is 4. The van der Waals surface area contributed by atoms with Crippen molar-refractivity contribution in [3.63, 3.8) is 0 Å². The fourth-order valence-electron chi connectivity index (χ4n) is 7.39. The molecular weight excluding hydrogens is 817 g/mol. The van der Waals surface area contributed by atoms with E-state index in [1.165, 1.54) is 24.5 Å². The van der Waals surface area contributed by atoms with E-state index in [0.29, 0.717) is 94.7 Å². The summed E-state index contributed by atoms with van der Waals surface area (Å²) in [6, 6.07) is 7.93. The Kier molecular flexibility index (Phi) is 13.3. The molecule has 6 N–H and O–H groups in total. The number of hydrogen-bond acceptors (Lipinski definition) is 13. The van der Waals surface area contributed by atoms with Crippen molar-refractivity contribution >= 4 is 68.9 Å². The van der Waals surface area contributed by atoms with Gasteiger partial charge >= 0.3 is 0 Å². The molecule has 5 heterocycles. The number of amides is 4. The van der Waals surface area contributed by atoms with Gasteiger partial charge in [-0.05, 0) is 63.9 Å². The second-order valence-corrected chi connectivity index (χ2v) is 15.8. The number of methoxy groups -OCH3 is 1. The van der Waals surface area contributed by atoms with Crippen LogP contribution in [0.25, 0.3) is 22.1 Å². The van der Waals surface area contributed by atoms with E-state index < -0.39 is 17.7 Å². The van der Waals surface area contributed by atoms with Gasteiger partial charge in [0.15, 0.2) is 0 Å². The van der Waals surface area contributed by atoms with Crippen molar-refractivity contribution in [3.05, 3.63) is 80.6 Å². The lowest BCUT2D eigenvalue weighted by molar-refractivity contribution is 0.0358. The number of allylic oxidation sites excluding steroid dienone is 2. The molecule has 6 aromatic rings. The maximum absolute atomic E-state index is 13.8. The lowest BCUT2D eigenvalue weighted by Crippen LogP contribution is -2.37. The number of carbonyl (C=O) groups is 4. The van der Waals surface area contributed by atoms with Crippen LogP contribution < -0.4 is 31.6 Å². The summed E-state index contributed by atoms with van der Waals surface area (Å²) in [5, 5.41) is 11.1. The highest BCUT2D eigenvalue weighted by Gasteiger charge is 2.24. The van der Waals surface area contributed by atoms with Crippen LogP contribution >= 0.6 is 11.3 Å². The van der Waals surface area contributed by atoms with E-state index in [-0.39, 0.29) is 42.0 Å². The van der Waals surface area contributed by atoms with E-state index in [4.69, 9.17) is 35.6 Å². The number of benzene rings is 2. The highest BCUT2D eigenvalue weighted by Crippen LogP contribution is 2.33. The van der Waals surface area contributed by atoms with E-state index in [9.17, 15) is 19.2 Å². The third kappa shape index (κ3) is 9.31. The third-order valence-corrected chi connectivity index (χ3v) is 11.4. The normalized spacial score (nSPS) is 13.3. The molecule has 7 rings (SSSR count). The number of fused-ring (bicyclic) bond motifs is 2. The van der Waals surface area contributed by atoms with Gasteiger partial charge in [0, 0.05) is 50.4 Å². The number of nitrogens with one attached hydrogen (secondary N) is 2. The Morgan fingerprint density at radius 2 is 1.44 bits per heavy atom. The van der Waals surface area contributed by atoms with Crippen molar-refractivity contribution in [1.29, 1.82) is 0 Å². The molecular formula is C42H50N12O7S. The number of rotatable bonds is 18. The summed E-state index contributed by atoms with van der Waals surface area (Å²) in [6.45, 7) is 12.5. The minimum Gasteiger partial charge on any atom is -0.494 e. The van der Waals surface area contributed by atoms with Crippen LogP contribution in [0.1, 0.15) is 77.5 Å². The molecule has 326 valence electrons. The Morgan fingerprint density at radius 3 is 2.02 bits per heavy atom. The Bertz CT molecular complexity index is 2690. The van der Waals surface area contributed by atoms with Crippen LogP contribution in [0, 0.1) is 13.8 Å². The number of morpholine rings is 1. The second-order valence-electron chi connectivity index (χ2n) is 14.6. The molecule has 0 radical (unpaired) electrons. The first kappa shape index (κ1) is 43.4. The largest absolute Gasteiger partial charge is 0.494 e. The van der Waals surface area contributed by atoms with E-state index in [1.807, 2.05) is 32.9 Å². The predicted molar refractivity (Wildman–Crippen MR) is 234 cm³/mol. The second kappa shape index (κ2) is 19.0. The lowest BCUT2D eigenvalue weighted by atomic mass is 10.1. The molecule has 0 bridgehead atoms. The number of ether oxygens (including phenoxy) is 3. The standard InChI is InChI=1S/C42H50N12O7S/c1-6-28-36(62-25(4)45-28)40(58)49-42-47-30-21-27(38(44)56)23-33(61-16-10-11-51-14-17-60-18-15-51)35(30)53(42)13-9-8-12-52-34-29(20-26(37(43)55)22-32(34)59-5)46-41(52)48-39(57)31-19-24(3)50-54(31)7-2/h8-9,19-23H,6-7,10-18H2,1-5H3,(H2,43,55)(H2,44,56)(H,46,48,57)(H,47,49,58)/b9-8+. The Balaban J connectivity index is 1.25. The highest BCUT2D eigenvalue weighted by molar-refractivity contribution is 7.13. The van der Waals surface area contributed by atoms with Gasteiger partial charge in [-0.15, -0.1) is 11.3 Å². The monoisotopic (exact) mass is 866 g/mol. The van der Waals surface area contributed by atoms with E-state index >= 15 is 0 Å². The van der Waals surface area contributed by atoms with Crippen LogP contribution in [0.2, 0.25) is 0 Å². The van der Waals surface area contributed by atoms with Crippen molar-refractivity contribution in [3.8, 4) is 11.5 Å². The summed E-state index contributed by atoms with van der Waals surface area (Å²) in [4.78, 5) is 69.1. The summed E-state index contributed by atoms with van der Waals surface area (Å²) in [7, 11) is 1.47. The summed E-state index contributed by atoms with van der Waals surface area (Å²) in [5.41, 5.74) is 15.3. The van der Waals surface area contributed by atoms with Gasteiger partial charge in [-0.3, -0.25) is 39.4 Å². The van der Waals surface area contributed by atoms with Crippen LogP contribution in [0.15, 0.2) is 42.5 Å². The Morgan fingerprint density at radius 1 is 0.839 bits per heavy atom. The molecule has 0 aliphatic carbocycles. The first-order chi connectivity index (χ1) is 29.9. The van der Waals surface area contributed by atoms with Gasteiger partial charge in [-0.2, -0.15) is 5.10 Å². The number of nitrogens with two attached hydrogens (primary N) is 2. The zero-order valence-corrected chi connectivity index (χ0v) is 36.1. The molecule has 20 heteroatoms. The molecule has 0 atom stereocenters.